The van der Waals surface area contributed by atoms with E-state index in [2.05, 4.69) is 0 Å². The highest BCUT2D eigenvalue weighted by atomic mass is 16.5. The lowest BCUT2D eigenvalue weighted by atomic mass is 10.0. The largest absolute Gasteiger partial charge is 0.493 e. The molecule has 2 aromatic rings. The minimum absolute atomic E-state index is 0.268. The van der Waals surface area contributed by atoms with Crippen molar-refractivity contribution in [3.05, 3.63) is 54.1 Å². The summed E-state index contributed by atoms with van der Waals surface area (Å²) >= 11 is 0. The van der Waals surface area contributed by atoms with Crippen molar-refractivity contribution in [1.29, 1.82) is 0 Å². The number of rotatable bonds is 8. The molecular formula is C19H20O4. The van der Waals surface area contributed by atoms with E-state index in [-0.39, 0.29) is 5.97 Å². The number of aldehydes is 1. The van der Waals surface area contributed by atoms with Crippen molar-refractivity contribution in [2.24, 2.45) is 0 Å². The maximum absolute atomic E-state index is 11.0. The van der Waals surface area contributed by atoms with Gasteiger partial charge in [-0.2, -0.15) is 0 Å². The van der Waals surface area contributed by atoms with Gasteiger partial charge < -0.3 is 9.47 Å². The Balaban J connectivity index is 2.01. The molecule has 0 fully saturated rings. The molecule has 0 saturated heterocycles. The van der Waals surface area contributed by atoms with Gasteiger partial charge in [0, 0.05) is 18.1 Å². The second-order valence-electron chi connectivity index (χ2n) is 5.14. The molecule has 0 radical (unpaired) electrons. The van der Waals surface area contributed by atoms with E-state index in [1.165, 1.54) is 6.92 Å². The Morgan fingerprint density at radius 1 is 1.04 bits per heavy atom. The molecule has 0 aliphatic rings. The van der Waals surface area contributed by atoms with Gasteiger partial charge in [0.25, 0.3) is 0 Å². The third-order valence-electron chi connectivity index (χ3n) is 3.33. The minimum atomic E-state index is -0.268. The van der Waals surface area contributed by atoms with E-state index in [0.717, 1.165) is 30.3 Å². The number of unbranched alkanes of at least 4 members (excludes halogenated alkanes) is 1. The fourth-order valence-electron chi connectivity index (χ4n) is 2.19. The first-order chi connectivity index (χ1) is 11.2. The van der Waals surface area contributed by atoms with Crippen LogP contribution in [0.5, 0.6) is 5.75 Å². The predicted molar refractivity (Wildman–Crippen MR) is 88.6 cm³/mol. The lowest BCUT2D eigenvalue weighted by Crippen LogP contribution is -2.04. The van der Waals surface area contributed by atoms with E-state index >= 15 is 0 Å². The summed E-state index contributed by atoms with van der Waals surface area (Å²) in [6.07, 6.45) is 2.32. The van der Waals surface area contributed by atoms with Crippen LogP contribution in [0.1, 0.15) is 30.1 Å². The molecule has 0 unspecified atom stereocenters. The molecule has 4 heteroatoms. The number of esters is 1. The van der Waals surface area contributed by atoms with Gasteiger partial charge in [-0.25, -0.2) is 0 Å². The van der Waals surface area contributed by atoms with Crippen molar-refractivity contribution >= 4 is 12.3 Å². The Morgan fingerprint density at radius 2 is 1.78 bits per heavy atom. The van der Waals surface area contributed by atoms with Crippen LogP contribution in [0, 0.1) is 0 Å². The molecule has 0 N–H and O–H groups in total. The quantitative estimate of drug-likeness (QED) is 0.421. The molecule has 0 spiro atoms. The SMILES string of the molecule is CC(=O)OCCCCOc1cc(C=O)ccc1-c1ccccc1. The zero-order valence-electron chi connectivity index (χ0n) is 13.2. The molecule has 2 aromatic carbocycles. The Morgan fingerprint density at radius 3 is 2.48 bits per heavy atom. The summed E-state index contributed by atoms with van der Waals surface area (Å²) in [5.74, 6) is 0.421. The molecule has 0 amide bonds. The second kappa shape index (κ2) is 8.73. The van der Waals surface area contributed by atoms with Crippen LogP contribution in [-0.4, -0.2) is 25.5 Å². The van der Waals surface area contributed by atoms with Gasteiger partial charge >= 0.3 is 5.97 Å². The van der Waals surface area contributed by atoms with Crippen LogP contribution in [0.2, 0.25) is 0 Å². The molecule has 0 saturated carbocycles. The number of hydrogen-bond donors (Lipinski definition) is 0. The number of hydrogen-bond acceptors (Lipinski definition) is 4. The van der Waals surface area contributed by atoms with Gasteiger partial charge in [0.1, 0.15) is 12.0 Å². The van der Waals surface area contributed by atoms with E-state index in [1.54, 1.807) is 12.1 Å². The predicted octanol–water partition coefficient (Wildman–Crippen LogP) is 3.89. The van der Waals surface area contributed by atoms with Crippen LogP contribution >= 0.6 is 0 Å². The summed E-state index contributed by atoms with van der Waals surface area (Å²) in [7, 11) is 0. The van der Waals surface area contributed by atoms with Gasteiger partial charge in [0.05, 0.1) is 13.2 Å². The highest BCUT2D eigenvalue weighted by Crippen LogP contribution is 2.30. The summed E-state index contributed by atoms with van der Waals surface area (Å²) < 4.78 is 10.7. The average molecular weight is 312 g/mol. The highest BCUT2D eigenvalue weighted by Gasteiger charge is 2.07. The smallest absolute Gasteiger partial charge is 0.302 e. The fourth-order valence-corrected chi connectivity index (χ4v) is 2.19. The van der Waals surface area contributed by atoms with Crippen molar-refractivity contribution in [2.45, 2.75) is 19.8 Å². The Bertz CT molecular complexity index is 650. The topological polar surface area (TPSA) is 52.6 Å². The molecule has 0 atom stereocenters. The summed E-state index contributed by atoms with van der Waals surface area (Å²) in [5, 5.41) is 0. The van der Waals surface area contributed by atoms with Crippen LogP contribution < -0.4 is 4.74 Å². The summed E-state index contributed by atoms with van der Waals surface area (Å²) in [5.41, 5.74) is 2.58. The van der Waals surface area contributed by atoms with Crippen molar-refractivity contribution in [1.82, 2.24) is 0 Å². The van der Waals surface area contributed by atoms with Crippen LogP contribution in [0.15, 0.2) is 48.5 Å². The van der Waals surface area contributed by atoms with E-state index in [9.17, 15) is 9.59 Å². The molecule has 2 rings (SSSR count). The van der Waals surface area contributed by atoms with Crippen LogP contribution in [0.25, 0.3) is 11.1 Å². The molecule has 0 aromatic heterocycles. The lowest BCUT2D eigenvalue weighted by molar-refractivity contribution is -0.141. The number of ether oxygens (including phenoxy) is 2. The summed E-state index contributed by atoms with van der Waals surface area (Å²) in [6.45, 7) is 2.30. The van der Waals surface area contributed by atoms with Crippen molar-refractivity contribution in [3.63, 3.8) is 0 Å². The maximum Gasteiger partial charge on any atom is 0.302 e. The van der Waals surface area contributed by atoms with Gasteiger partial charge in [-0.05, 0) is 30.5 Å². The van der Waals surface area contributed by atoms with Crippen molar-refractivity contribution in [2.75, 3.05) is 13.2 Å². The van der Waals surface area contributed by atoms with E-state index in [1.807, 2.05) is 36.4 Å². The van der Waals surface area contributed by atoms with Gasteiger partial charge in [0.2, 0.25) is 0 Å². The first-order valence-electron chi connectivity index (χ1n) is 7.61. The van der Waals surface area contributed by atoms with E-state index in [4.69, 9.17) is 9.47 Å². The van der Waals surface area contributed by atoms with E-state index in [0.29, 0.717) is 24.5 Å². The molecule has 0 aliphatic carbocycles. The molecule has 23 heavy (non-hydrogen) atoms. The van der Waals surface area contributed by atoms with Gasteiger partial charge in [-0.3, -0.25) is 9.59 Å². The van der Waals surface area contributed by atoms with E-state index < -0.39 is 0 Å². The fraction of sp³-hybridized carbons (Fsp3) is 0.263. The Hall–Kier alpha value is -2.62. The first kappa shape index (κ1) is 16.7. The standard InChI is InChI=1S/C19H20O4/c1-15(21)22-11-5-6-12-23-19-13-16(14-20)9-10-18(19)17-7-3-2-4-8-17/h2-4,7-10,13-14H,5-6,11-12H2,1H3. The lowest BCUT2D eigenvalue weighted by Gasteiger charge is -2.12. The van der Waals surface area contributed by atoms with Crippen molar-refractivity contribution in [3.8, 4) is 16.9 Å². The molecule has 0 aliphatic heterocycles. The van der Waals surface area contributed by atoms with Gasteiger partial charge in [-0.15, -0.1) is 0 Å². The average Bonchev–Trinajstić information content (AvgIpc) is 2.58. The van der Waals surface area contributed by atoms with Gasteiger partial charge in [-0.1, -0.05) is 36.4 Å². The van der Waals surface area contributed by atoms with Crippen LogP contribution in [0.3, 0.4) is 0 Å². The molecule has 120 valence electrons. The zero-order valence-corrected chi connectivity index (χ0v) is 13.2. The zero-order chi connectivity index (χ0) is 16.5. The molecule has 0 heterocycles. The Kier molecular flexibility index (Phi) is 6.36. The highest BCUT2D eigenvalue weighted by molar-refractivity contribution is 5.80. The summed E-state index contributed by atoms with van der Waals surface area (Å²) in [6, 6.07) is 15.3. The molecule has 4 nitrogen and oxygen atoms in total. The molecular weight excluding hydrogens is 292 g/mol. The molecule has 0 bridgehead atoms. The second-order valence-corrected chi connectivity index (χ2v) is 5.14. The number of carbonyl (C=O) groups excluding carboxylic acids is 2. The maximum atomic E-state index is 11.0. The first-order valence-corrected chi connectivity index (χ1v) is 7.61. The normalized spacial score (nSPS) is 10.1. The number of carbonyl (C=O) groups is 2. The number of benzene rings is 2. The van der Waals surface area contributed by atoms with Crippen LogP contribution in [-0.2, 0) is 9.53 Å². The van der Waals surface area contributed by atoms with Gasteiger partial charge in [0.15, 0.2) is 0 Å². The minimum Gasteiger partial charge on any atom is -0.493 e. The monoisotopic (exact) mass is 312 g/mol. The third kappa shape index (κ3) is 5.25. The third-order valence-corrected chi connectivity index (χ3v) is 3.33. The summed E-state index contributed by atoms with van der Waals surface area (Å²) in [4.78, 5) is 21.7. The van der Waals surface area contributed by atoms with Crippen LogP contribution in [0.4, 0.5) is 0 Å². The Labute approximate surface area is 136 Å². The van der Waals surface area contributed by atoms with Crippen molar-refractivity contribution < 1.29 is 19.1 Å².